The molecule has 0 aromatic heterocycles. The first-order chi connectivity index (χ1) is 7.16. The van der Waals surface area contributed by atoms with Crippen LogP contribution >= 0.6 is 27.9 Å². The lowest BCUT2D eigenvalue weighted by molar-refractivity contribution is 0.946. The highest BCUT2D eigenvalue weighted by Gasteiger charge is 2.21. The zero-order valence-corrected chi connectivity index (χ0v) is 11.5. The molecular weight excluding hydrogens is 270 g/mol. The molecule has 15 heavy (non-hydrogen) atoms. The SMILES string of the molecule is Cc1cc(Br)cc(C)c1CNSC1CC1. The maximum Gasteiger partial charge on any atom is 0.0315 e. The van der Waals surface area contributed by atoms with Gasteiger partial charge in [-0.25, -0.2) is 0 Å². The van der Waals surface area contributed by atoms with Crippen molar-refractivity contribution in [3.05, 3.63) is 33.3 Å². The first-order valence-corrected chi connectivity index (χ1v) is 6.98. The molecule has 0 unspecified atom stereocenters. The Labute approximate surface area is 104 Å². The molecule has 82 valence electrons. The monoisotopic (exact) mass is 285 g/mol. The molecule has 0 spiro atoms. The largest absolute Gasteiger partial charge is 0.259 e. The van der Waals surface area contributed by atoms with Crippen LogP contribution in [0.2, 0.25) is 0 Å². The van der Waals surface area contributed by atoms with Crippen LogP contribution in [0, 0.1) is 13.8 Å². The first-order valence-electron chi connectivity index (χ1n) is 5.31. The molecule has 0 aliphatic heterocycles. The van der Waals surface area contributed by atoms with Crippen molar-refractivity contribution in [1.29, 1.82) is 0 Å². The summed E-state index contributed by atoms with van der Waals surface area (Å²) in [5.41, 5.74) is 4.17. The summed E-state index contributed by atoms with van der Waals surface area (Å²) >= 11 is 5.42. The molecule has 2 rings (SSSR count). The predicted molar refractivity (Wildman–Crippen MR) is 71.1 cm³/mol. The molecule has 0 bridgehead atoms. The van der Waals surface area contributed by atoms with E-state index in [1.165, 1.54) is 34.0 Å². The third kappa shape index (κ3) is 3.23. The highest BCUT2D eigenvalue weighted by atomic mass is 79.9. The Hall–Kier alpha value is 0.01000. The van der Waals surface area contributed by atoms with E-state index in [4.69, 9.17) is 0 Å². The summed E-state index contributed by atoms with van der Waals surface area (Å²) in [6.45, 7) is 5.33. The van der Waals surface area contributed by atoms with Gasteiger partial charge in [-0.3, -0.25) is 4.72 Å². The fraction of sp³-hybridized carbons (Fsp3) is 0.500. The zero-order valence-electron chi connectivity index (χ0n) is 9.14. The van der Waals surface area contributed by atoms with Gasteiger partial charge in [-0.05, 0) is 55.5 Å². The van der Waals surface area contributed by atoms with Crippen molar-refractivity contribution >= 4 is 27.9 Å². The van der Waals surface area contributed by atoms with Crippen LogP contribution in [0.4, 0.5) is 0 Å². The van der Waals surface area contributed by atoms with Gasteiger partial charge in [0.1, 0.15) is 0 Å². The van der Waals surface area contributed by atoms with Crippen LogP contribution in [0.3, 0.4) is 0 Å². The van der Waals surface area contributed by atoms with Crippen LogP contribution < -0.4 is 4.72 Å². The highest BCUT2D eigenvalue weighted by Crippen LogP contribution is 2.32. The predicted octanol–water partition coefficient (Wildman–Crippen LogP) is 3.97. The minimum absolute atomic E-state index is 0.876. The molecule has 1 saturated carbocycles. The van der Waals surface area contributed by atoms with Crippen molar-refractivity contribution in [2.75, 3.05) is 0 Å². The van der Waals surface area contributed by atoms with Crippen molar-refractivity contribution in [3.63, 3.8) is 0 Å². The molecule has 0 amide bonds. The summed E-state index contributed by atoms with van der Waals surface area (Å²) in [6.07, 6.45) is 2.77. The van der Waals surface area contributed by atoms with Crippen LogP contribution in [0.1, 0.15) is 29.5 Å². The van der Waals surface area contributed by atoms with E-state index in [1.807, 2.05) is 11.9 Å². The van der Waals surface area contributed by atoms with Crippen molar-refractivity contribution in [1.82, 2.24) is 4.72 Å². The van der Waals surface area contributed by atoms with Crippen LogP contribution in [-0.2, 0) is 6.54 Å². The van der Waals surface area contributed by atoms with E-state index in [0.29, 0.717) is 0 Å². The topological polar surface area (TPSA) is 12.0 Å². The quantitative estimate of drug-likeness (QED) is 0.841. The van der Waals surface area contributed by atoms with E-state index in [-0.39, 0.29) is 0 Å². The third-order valence-electron chi connectivity index (χ3n) is 2.68. The van der Waals surface area contributed by atoms with E-state index in [1.54, 1.807) is 0 Å². The third-order valence-corrected chi connectivity index (χ3v) is 4.26. The number of halogens is 1. The summed E-state index contributed by atoms with van der Waals surface area (Å²) in [5, 5.41) is 0.876. The second-order valence-electron chi connectivity index (χ2n) is 4.16. The van der Waals surface area contributed by atoms with Crippen LogP contribution in [-0.4, -0.2) is 5.25 Å². The summed E-state index contributed by atoms with van der Waals surface area (Å²) < 4.78 is 4.64. The Balaban J connectivity index is 1.99. The smallest absolute Gasteiger partial charge is 0.0315 e. The molecule has 1 fully saturated rings. The van der Waals surface area contributed by atoms with Gasteiger partial charge < -0.3 is 0 Å². The lowest BCUT2D eigenvalue weighted by atomic mass is 10.0. The van der Waals surface area contributed by atoms with Crippen LogP contribution in [0.15, 0.2) is 16.6 Å². The molecule has 1 aromatic rings. The van der Waals surface area contributed by atoms with Gasteiger partial charge in [-0.15, -0.1) is 0 Å². The van der Waals surface area contributed by atoms with Gasteiger partial charge in [0, 0.05) is 16.3 Å². The molecule has 1 aromatic carbocycles. The maximum atomic E-state index is 3.52. The highest BCUT2D eigenvalue weighted by molar-refractivity contribution is 9.10. The number of rotatable bonds is 4. The first kappa shape index (κ1) is 11.5. The Morgan fingerprint density at radius 3 is 2.47 bits per heavy atom. The number of hydrogen-bond donors (Lipinski definition) is 1. The standard InChI is InChI=1S/C12H16BrNS/c1-8-5-10(13)6-9(2)12(8)7-14-15-11-3-4-11/h5-6,11,14H,3-4,7H2,1-2H3. The lowest BCUT2D eigenvalue weighted by Crippen LogP contribution is -2.07. The fourth-order valence-electron chi connectivity index (χ4n) is 1.64. The lowest BCUT2D eigenvalue weighted by Gasteiger charge is -2.11. The molecular formula is C12H16BrNS. The zero-order chi connectivity index (χ0) is 10.8. The molecule has 3 heteroatoms. The Morgan fingerprint density at radius 1 is 1.33 bits per heavy atom. The molecule has 1 aliphatic carbocycles. The average molecular weight is 286 g/mol. The van der Waals surface area contributed by atoms with Gasteiger partial charge in [-0.1, -0.05) is 27.9 Å². The second-order valence-corrected chi connectivity index (χ2v) is 6.26. The second kappa shape index (κ2) is 4.89. The normalized spacial score (nSPS) is 15.7. The maximum absolute atomic E-state index is 3.52. The minimum atomic E-state index is 0.876. The van der Waals surface area contributed by atoms with Gasteiger partial charge in [0.2, 0.25) is 0 Å². The Bertz CT molecular complexity index is 338. The van der Waals surface area contributed by atoms with E-state index < -0.39 is 0 Å². The summed E-state index contributed by atoms with van der Waals surface area (Å²) in [7, 11) is 0. The molecule has 0 saturated heterocycles. The van der Waals surface area contributed by atoms with Crippen molar-refractivity contribution in [3.8, 4) is 0 Å². The van der Waals surface area contributed by atoms with Crippen LogP contribution in [0.25, 0.3) is 0 Å². The number of benzene rings is 1. The van der Waals surface area contributed by atoms with E-state index >= 15 is 0 Å². The van der Waals surface area contributed by atoms with E-state index in [0.717, 1.165) is 11.8 Å². The minimum Gasteiger partial charge on any atom is -0.259 e. The Morgan fingerprint density at radius 2 is 1.93 bits per heavy atom. The van der Waals surface area contributed by atoms with Crippen molar-refractivity contribution in [2.24, 2.45) is 0 Å². The number of aryl methyl sites for hydroxylation is 2. The molecule has 0 radical (unpaired) electrons. The average Bonchev–Trinajstić information content (AvgIpc) is 2.93. The van der Waals surface area contributed by atoms with E-state index in [9.17, 15) is 0 Å². The summed E-state index contributed by atoms with van der Waals surface area (Å²) in [4.78, 5) is 0. The molecule has 1 aliphatic rings. The Kier molecular flexibility index (Phi) is 3.75. The van der Waals surface area contributed by atoms with Gasteiger partial charge >= 0.3 is 0 Å². The molecule has 1 nitrogen and oxygen atoms in total. The number of nitrogens with one attached hydrogen (secondary N) is 1. The molecule has 1 N–H and O–H groups in total. The summed E-state index contributed by atoms with van der Waals surface area (Å²) in [5.74, 6) is 0. The van der Waals surface area contributed by atoms with Gasteiger partial charge in [0.05, 0.1) is 0 Å². The van der Waals surface area contributed by atoms with Crippen LogP contribution in [0.5, 0.6) is 0 Å². The summed E-state index contributed by atoms with van der Waals surface area (Å²) in [6, 6.07) is 4.37. The molecule has 0 heterocycles. The van der Waals surface area contributed by atoms with Gasteiger partial charge in [-0.2, -0.15) is 0 Å². The van der Waals surface area contributed by atoms with Crippen molar-refractivity contribution in [2.45, 2.75) is 38.5 Å². The fourth-order valence-corrected chi connectivity index (χ4v) is 3.16. The van der Waals surface area contributed by atoms with Gasteiger partial charge in [0.15, 0.2) is 0 Å². The molecule has 0 atom stereocenters. The number of hydrogen-bond acceptors (Lipinski definition) is 2. The van der Waals surface area contributed by atoms with E-state index in [2.05, 4.69) is 46.6 Å². The van der Waals surface area contributed by atoms with Crippen molar-refractivity contribution < 1.29 is 0 Å². The van der Waals surface area contributed by atoms with Gasteiger partial charge in [0.25, 0.3) is 0 Å².